The molecule has 5 rings (SSSR count). The lowest BCUT2D eigenvalue weighted by molar-refractivity contribution is 0.100. The van der Waals surface area contributed by atoms with Gasteiger partial charge < -0.3 is 19.2 Å². The van der Waals surface area contributed by atoms with Gasteiger partial charge in [0.1, 0.15) is 6.04 Å². The van der Waals surface area contributed by atoms with Crippen LogP contribution in [0, 0.1) is 0 Å². The first-order valence-corrected chi connectivity index (χ1v) is 9.80. The summed E-state index contributed by atoms with van der Waals surface area (Å²) in [5, 5.41) is 1.23. The molecule has 1 saturated carbocycles. The van der Waals surface area contributed by atoms with E-state index in [1.54, 1.807) is 14.2 Å². The predicted octanol–water partition coefficient (Wildman–Crippen LogP) is 4.39. The molecule has 1 amide bonds. The Morgan fingerprint density at radius 2 is 1.86 bits per heavy atom. The number of carbonyl (C=O) groups excluding carboxylic acids is 1. The van der Waals surface area contributed by atoms with E-state index in [0.717, 1.165) is 29.6 Å². The van der Waals surface area contributed by atoms with E-state index in [2.05, 4.69) is 23.2 Å². The highest BCUT2D eigenvalue weighted by atomic mass is 16.5. The van der Waals surface area contributed by atoms with Crippen molar-refractivity contribution in [2.75, 3.05) is 27.9 Å². The lowest BCUT2D eigenvalue weighted by atomic mass is 9.83. The lowest BCUT2D eigenvalue weighted by Crippen LogP contribution is -2.45. The summed E-state index contributed by atoms with van der Waals surface area (Å²) in [6, 6.07) is 13.8. The van der Waals surface area contributed by atoms with Gasteiger partial charge >= 0.3 is 6.09 Å². The van der Waals surface area contributed by atoms with Gasteiger partial charge in [-0.15, -0.1) is 0 Å². The number of para-hydroxylation sites is 2. The first-order valence-electron chi connectivity index (χ1n) is 9.80. The van der Waals surface area contributed by atoms with Crippen LogP contribution in [0.4, 0.5) is 4.79 Å². The molecule has 0 radical (unpaired) electrons. The summed E-state index contributed by atoms with van der Waals surface area (Å²) in [5.74, 6) is 1.27. The third-order valence-electron chi connectivity index (χ3n) is 6.31. The Morgan fingerprint density at radius 1 is 1.07 bits per heavy atom. The first kappa shape index (κ1) is 17.9. The van der Waals surface area contributed by atoms with Gasteiger partial charge in [0, 0.05) is 34.1 Å². The molecule has 1 atom stereocenters. The maximum atomic E-state index is 12.9. The van der Waals surface area contributed by atoms with Crippen LogP contribution in [-0.4, -0.2) is 43.9 Å². The summed E-state index contributed by atoms with van der Waals surface area (Å²) in [6.07, 6.45) is 1.80. The molecule has 0 bridgehead atoms. The number of aromatic nitrogens is 1. The summed E-state index contributed by atoms with van der Waals surface area (Å²) in [4.78, 5) is 18.3. The minimum Gasteiger partial charge on any atom is -0.493 e. The van der Waals surface area contributed by atoms with Crippen LogP contribution in [0.15, 0.2) is 42.5 Å². The maximum absolute atomic E-state index is 12.9. The van der Waals surface area contributed by atoms with Crippen molar-refractivity contribution in [1.29, 1.82) is 0 Å². The number of benzene rings is 2. The Balaban J connectivity index is 1.80. The van der Waals surface area contributed by atoms with Gasteiger partial charge in [0.2, 0.25) is 0 Å². The molecule has 1 aromatic heterocycles. The molecule has 150 valence electrons. The summed E-state index contributed by atoms with van der Waals surface area (Å²) in [6.45, 7) is 0.625. The van der Waals surface area contributed by atoms with E-state index in [4.69, 9.17) is 14.2 Å². The van der Waals surface area contributed by atoms with Crippen LogP contribution < -0.4 is 9.47 Å². The Kier molecular flexibility index (Phi) is 3.98. The summed E-state index contributed by atoms with van der Waals surface area (Å²) in [5.41, 5.74) is 4.31. The van der Waals surface area contributed by atoms with Gasteiger partial charge in [-0.25, -0.2) is 4.79 Å². The highest BCUT2D eigenvalue weighted by molar-refractivity contribution is 5.88. The summed E-state index contributed by atoms with van der Waals surface area (Å²) in [7, 11) is 4.68. The second-order valence-corrected chi connectivity index (χ2v) is 7.82. The highest BCUT2D eigenvalue weighted by Crippen LogP contribution is 2.58. The average Bonchev–Trinajstić information content (AvgIpc) is 3.41. The molecule has 1 aliphatic heterocycles. The lowest BCUT2D eigenvalue weighted by Gasteiger charge is -2.40. The van der Waals surface area contributed by atoms with Crippen LogP contribution in [-0.2, 0) is 10.2 Å². The van der Waals surface area contributed by atoms with Crippen molar-refractivity contribution < 1.29 is 19.0 Å². The van der Waals surface area contributed by atoms with Crippen molar-refractivity contribution in [2.24, 2.45) is 0 Å². The van der Waals surface area contributed by atoms with Crippen molar-refractivity contribution in [3.63, 3.8) is 0 Å². The van der Waals surface area contributed by atoms with Crippen LogP contribution in [0.2, 0.25) is 0 Å². The number of amides is 1. The number of rotatable bonds is 3. The van der Waals surface area contributed by atoms with Gasteiger partial charge in [-0.1, -0.05) is 30.3 Å². The Hall–Kier alpha value is -3.15. The van der Waals surface area contributed by atoms with E-state index >= 15 is 0 Å². The smallest absolute Gasteiger partial charge is 0.410 e. The predicted molar refractivity (Wildman–Crippen MR) is 110 cm³/mol. The molecular weight excluding hydrogens is 368 g/mol. The van der Waals surface area contributed by atoms with Crippen LogP contribution >= 0.6 is 0 Å². The van der Waals surface area contributed by atoms with Gasteiger partial charge in [-0.05, 0) is 30.5 Å². The molecule has 1 N–H and O–H groups in total. The zero-order valence-electron chi connectivity index (χ0n) is 16.8. The number of H-pyrrole nitrogens is 1. The maximum Gasteiger partial charge on any atom is 0.410 e. The van der Waals surface area contributed by atoms with E-state index in [-0.39, 0.29) is 17.6 Å². The summed E-state index contributed by atoms with van der Waals surface area (Å²) >= 11 is 0. The van der Waals surface area contributed by atoms with E-state index in [0.29, 0.717) is 18.0 Å². The SMILES string of the molecule is COC(=O)N1CC2(CC2)c2c([nH]c3ccccc23)C1c1cccc(OC)c1OC. The second kappa shape index (κ2) is 6.44. The van der Waals surface area contributed by atoms with Crippen molar-refractivity contribution in [3.05, 3.63) is 59.3 Å². The number of ether oxygens (including phenoxy) is 3. The minimum absolute atomic E-state index is 0.00821. The van der Waals surface area contributed by atoms with E-state index in [9.17, 15) is 4.79 Å². The van der Waals surface area contributed by atoms with Crippen LogP contribution in [0.5, 0.6) is 11.5 Å². The highest BCUT2D eigenvalue weighted by Gasteiger charge is 2.55. The van der Waals surface area contributed by atoms with Gasteiger partial charge in [0.15, 0.2) is 11.5 Å². The number of hydrogen-bond acceptors (Lipinski definition) is 4. The van der Waals surface area contributed by atoms with E-state index < -0.39 is 0 Å². The van der Waals surface area contributed by atoms with Crippen molar-refractivity contribution in [3.8, 4) is 11.5 Å². The molecule has 1 aliphatic carbocycles. The normalized spacial score (nSPS) is 19.1. The molecule has 1 fully saturated rings. The van der Waals surface area contributed by atoms with Gasteiger partial charge in [-0.2, -0.15) is 0 Å². The molecule has 0 saturated heterocycles. The molecular formula is C23H24N2O4. The number of hydrogen-bond donors (Lipinski definition) is 1. The number of nitrogens with one attached hydrogen (secondary N) is 1. The molecule has 29 heavy (non-hydrogen) atoms. The number of nitrogens with zero attached hydrogens (tertiary/aromatic N) is 1. The van der Waals surface area contributed by atoms with E-state index in [1.807, 2.05) is 29.2 Å². The minimum atomic E-state index is -0.346. The zero-order valence-corrected chi connectivity index (χ0v) is 16.8. The Morgan fingerprint density at radius 3 is 2.55 bits per heavy atom. The third kappa shape index (κ3) is 2.51. The molecule has 2 aromatic carbocycles. The number of carbonyl (C=O) groups is 1. The molecule has 3 aromatic rings. The average molecular weight is 392 g/mol. The standard InChI is InChI=1S/C23H24N2O4/c1-27-17-10-6-8-15(21(17)28-2)20-19-18(14-7-4-5-9-16(14)24-19)23(11-12-23)13-25(20)22(26)29-3/h4-10,20,24H,11-13H2,1-3H3. The van der Waals surface area contributed by atoms with Crippen molar-refractivity contribution >= 4 is 17.0 Å². The van der Waals surface area contributed by atoms with Crippen LogP contribution in [0.3, 0.4) is 0 Å². The molecule has 1 unspecified atom stereocenters. The van der Waals surface area contributed by atoms with Gasteiger partial charge in [0.25, 0.3) is 0 Å². The second-order valence-electron chi connectivity index (χ2n) is 7.82. The van der Waals surface area contributed by atoms with Crippen LogP contribution in [0.25, 0.3) is 10.9 Å². The van der Waals surface area contributed by atoms with Gasteiger partial charge in [0.05, 0.1) is 21.3 Å². The van der Waals surface area contributed by atoms with Crippen LogP contribution in [0.1, 0.15) is 35.7 Å². The fourth-order valence-electron chi connectivity index (χ4n) is 4.89. The fourth-order valence-corrected chi connectivity index (χ4v) is 4.89. The Labute approximate surface area is 169 Å². The van der Waals surface area contributed by atoms with Crippen molar-refractivity contribution in [1.82, 2.24) is 9.88 Å². The molecule has 2 aliphatic rings. The number of methoxy groups -OCH3 is 3. The first-order chi connectivity index (χ1) is 14.1. The topological polar surface area (TPSA) is 63.8 Å². The molecule has 2 heterocycles. The van der Waals surface area contributed by atoms with Crippen molar-refractivity contribution in [2.45, 2.75) is 24.3 Å². The monoisotopic (exact) mass is 392 g/mol. The molecule has 6 heteroatoms. The fraction of sp³-hybridized carbons (Fsp3) is 0.348. The number of aromatic amines is 1. The zero-order chi connectivity index (χ0) is 20.2. The quantitative estimate of drug-likeness (QED) is 0.718. The van der Waals surface area contributed by atoms with E-state index in [1.165, 1.54) is 18.1 Å². The largest absolute Gasteiger partial charge is 0.493 e. The van der Waals surface area contributed by atoms with Gasteiger partial charge in [-0.3, -0.25) is 4.90 Å². The summed E-state index contributed by atoms with van der Waals surface area (Å²) < 4.78 is 16.4. The molecule has 1 spiro atoms. The number of fused-ring (bicyclic) bond motifs is 4. The third-order valence-corrected chi connectivity index (χ3v) is 6.31. The Bertz CT molecular complexity index is 1100. The molecule has 6 nitrogen and oxygen atoms in total.